The van der Waals surface area contributed by atoms with Gasteiger partial charge in [0.15, 0.2) is 0 Å². The molecule has 19 heavy (non-hydrogen) atoms. The number of carbonyl (C=O) groups excluding carboxylic acids is 1. The van der Waals surface area contributed by atoms with Gasteiger partial charge in [0.25, 0.3) is 5.91 Å². The largest absolute Gasteiger partial charge is 0.416 e. The normalized spacial score (nSPS) is 11.2. The van der Waals surface area contributed by atoms with Gasteiger partial charge in [-0.15, -0.1) is 0 Å². The molecule has 0 aromatic heterocycles. The third-order valence-corrected chi connectivity index (χ3v) is 3.09. The van der Waals surface area contributed by atoms with Crippen LogP contribution in [-0.4, -0.2) is 17.4 Å². The number of carbonyl (C=O) groups is 1. The molecule has 0 spiro atoms. The summed E-state index contributed by atoms with van der Waals surface area (Å²) in [4.78, 5) is 12.0. The third kappa shape index (κ3) is 4.79. The summed E-state index contributed by atoms with van der Waals surface area (Å²) in [5, 5.41) is 2.45. The SMILES string of the molecule is NC(=S)CCNC(=O)c1cc(C(F)(F)F)ccc1Br. The molecular formula is C11H10BrF3N2OS. The fourth-order valence-electron chi connectivity index (χ4n) is 1.27. The summed E-state index contributed by atoms with van der Waals surface area (Å²) in [6.45, 7) is 0.177. The van der Waals surface area contributed by atoms with Gasteiger partial charge in [0.2, 0.25) is 0 Å². The van der Waals surface area contributed by atoms with Crippen molar-refractivity contribution in [2.45, 2.75) is 12.6 Å². The molecule has 1 aromatic rings. The Balaban J connectivity index is 2.87. The van der Waals surface area contributed by atoms with E-state index in [0.717, 1.165) is 12.1 Å². The number of nitrogens with one attached hydrogen (secondary N) is 1. The lowest BCUT2D eigenvalue weighted by molar-refractivity contribution is -0.137. The molecule has 0 saturated carbocycles. The first-order valence-electron chi connectivity index (χ1n) is 5.15. The summed E-state index contributed by atoms with van der Waals surface area (Å²) in [5.41, 5.74) is 4.29. The molecule has 1 aromatic carbocycles. The van der Waals surface area contributed by atoms with Gasteiger partial charge in [-0.2, -0.15) is 13.2 Å². The van der Waals surface area contributed by atoms with E-state index >= 15 is 0 Å². The fourth-order valence-corrected chi connectivity index (χ4v) is 1.80. The molecule has 0 heterocycles. The molecule has 0 aliphatic rings. The Hall–Kier alpha value is -1.15. The maximum Gasteiger partial charge on any atom is 0.416 e. The second kappa shape index (κ2) is 6.33. The van der Waals surface area contributed by atoms with Crippen LogP contribution in [0.25, 0.3) is 0 Å². The first kappa shape index (κ1) is 15.9. The summed E-state index contributed by atoms with van der Waals surface area (Å²) < 4.78 is 37.9. The zero-order valence-corrected chi connectivity index (χ0v) is 12.0. The molecule has 0 bridgehead atoms. The second-order valence-electron chi connectivity index (χ2n) is 3.66. The van der Waals surface area contributed by atoms with E-state index in [4.69, 9.17) is 5.73 Å². The van der Waals surface area contributed by atoms with E-state index in [0.29, 0.717) is 0 Å². The number of alkyl halides is 3. The van der Waals surface area contributed by atoms with Crippen LogP contribution in [0.5, 0.6) is 0 Å². The van der Waals surface area contributed by atoms with Gasteiger partial charge in [-0.25, -0.2) is 0 Å². The zero-order valence-electron chi connectivity index (χ0n) is 9.55. The van der Waals surface area contributed by atoms with Gasteiger partial charge in [-0.1, -0.05) is 12.2 Å². The molecule has 0 aliphatic heterocycles. The van der Waals surface area contributed by atoms with Gasteiger partial charge in [-0.3, -0.25) is 4.79 Å². The highest BCUT2D eigenvalue weighted by molar-refractivity contribution is 9.10. The summed E-state index contributed by atoms with van der Waals surface area (Å²) >= 11 is 7.67. The molecule has 0 aliphatic carbocycles. The predicted molar refractivity (Wildman–Crippen MR) is 72.9 cm³/mol. The van der Waals surface area contributed by atoms with Crippen LogP contribution in [-0.2, 0) is 6.18 Å². The first-order chi connectivity index (χ1) is 8.71. The number of thiocarbonyl (C=S) groups is 1. The molecule has 1 rings (SSSR count). The van der Waals surface area contributed by atoms with Gasteiger partial charge in [0.1, 0.15) is 0 Å². The lowest BCUT2D eigenvalue weighted by Gasteiger charge is -2.10. The van der Waals surface area contributed by atoms with Crippen molar-refractivity contribution in [1.29, 1.82) is 0 Å². The molecule has 0 fully saturated rings. The minimum atomic E-state index is -4.49. The minimum Gasteiger partial charge on any atom is -0.393 e. The van der Waals surface area contributed by atoms with Gasteiger partial charge in [0.05, 0.1) is 16.1 Å². The van der Waals surface area contributed by atoms with Crippen molar-refractivity contribution in [2.75, 3.05) is 6.54 Å². The number of amides is 1. The van der Waals surface area contributed by atoms with Crippen LogP contribution < -0.4 is 11.1 Å². The molecule has 104 valence electrons. The smallest absolute Gasteiger partial charge is 0.393 e. The van der Waals surface area contributed by atoms with Gasteiger partial charge < -0.3 is 11.1 Å². The average molecular weight is 355 g/mol. The van der Waals surface area contributed by atoms with E-state index in [1.807, 2.05) is 0 Å². The molecular weight excluding hydrogens is 345 g/mol. The third-order valence-electron chi connectivity index (χ3n) is 2.20. The first-order valence-corrected chi connectivity index (χ1v) is 6.35. The summed E-state index contributed by atoms with van der Waals surface area (Å²) in [6, 6.07) is 2.88. The zero-order chi connectivity index (χ0) is 14.6. The molecule has 0 atom stereocenters. The Morgan fingerprint density at radius 1 is 1.42 bits per heavy atom. The predicted octanol–water partition coefficient (Wildman–Crippen LogP) is 2.87. The van der Waals surface area contributed by atoms with Crippen molar-refractivity contribution >= 4 is 39.0 Å². The van der Waals surface area contributed by atoms with Crippen LogP contribution in [0, 0.1) is 0 Å². The topological polar surface area (TPSA) is 55.1 Å². The van der Waals surface area contributed by atoms with Gasteiger partial charge in [-0.05, 0) is 34.1 Å². The van der Waals surface area contributed by atoms with Crippen molar-refractivity contribution in [1.82, 2.24) is 5.32 Å². The Bertz CT molecular complexity index is 505. The lowest BCUT2D eigenvalue weighted by atomic mass is 10.1. The van der Waals surface area contributed by atoms with Crippen molar-refractivity contribution in [3.05, 3.63) is 33.8 Å². The fraction of sp³-hybridized carbons (Fsp3) is 0.273. The van der Waals surface area contributed by atoms with Crippen LogP contribution in [0.3, 0.4) is 0 Å². The summed E-state index contributed by atoms with van der Waals surface area (Å²) in [7, 11) is 0. The van der Waals surface area contributed by atoms with Crippen LogP contribution in [0.2, 0.25) is 0 Å². The van der Waals surface area contributed by atoms with E-state index < -0.39 is 17.6 Å². The molecule has 0 radical (unpaired) electrons. The maximum absolute atomic E-state index is 12.5. The standard InChI is InChI=1S/C11H10BrF3N2OS/c12-8-2-1-6(11(13,14)15)5-7(8)10(18)17-4-3-9(16)19/h1-2,5H,3-4H2,(H2,16,19)(H,17,18). The van der Waals surface area contributed by atoms with E-state index in [1.54, 1.807) is 0 Å². The number of nitrogens with two attached hydrogens (primary N) is 1. The highest BCUT2D eigenvalue weighted by atomic mass is 79.9. The van der Waals surface area contributed by atoms with Crippen LogP contribution in [0.4, 0.5) is 13.2 Å². The van der Waals surface area contributed by atoms with Crippen molar-refractivity contribution in [3.8, 4) is 0 Å². The molecule has 0 saturated heterocycles. The Kier molecular flexibility index (Phi) is 5.30. The lowest BCUT2D eigenvalue weighted by Crippen LogP contribution is -2.27. The Morgan fingerprint density at radius 3 is 2.58 bits per heavy atom. The van der Waals surface area contributed by atoms with Crippen LogP contribution in [0.15, 0.2) is 22.7 Å². The van der Waals surface area contributed by atoms with E-state index in [-0.39, 0.29) is 28.0 Å². The second-order valence-corrected chi connectivity index (χ2v) is 5.04. The number of hydrogen-bond acceptors (Lipinski definition) is 2. The highest BCUT2D eigenvalue weighted by Gasteiger charge is 2.31. The van der Waals surface area contributed by atoms with E-state index in [1.165, 1.54) is 6.07 Å². The number of halogens is 4. The highest BCUT2D eigenvalue weighted by Crippen LogP contribution is 2.31. The number of benzene rings is 1. The number of rotatable bonds is 4. The molecule has 3 N–H and O–H groups in total. The summed E-state index contributed by atoms with van der Waals surface area (Å²) in [5.74, 6) is -0.616. The van der Waals surface area contributed by atoms with Crippen LogP contribution >= 0.6 is 28.1 Å². The molecule has 1 amide bonds. The maximum atomic E-state index is 12.5. The Labute approximate surface area is 121 Å². The Morgan fingerprint density at radius 2 is 2.05 bits per heavy atom. The quantitative estimate of drug-likeness (QED) is 0.817. The average Bonchev–Trinajstić information content (AvgIpc) is 2.27. The molecule has 0 unspecified atom stereocenters. The van der Waals surface area contributed by atoms with Gasteiger partial charge >= 0.3 is 6.18 Å². The number of hydrogen-bond donors (Lipinski definition) is 2. The molecule has 3 nitrogen and oxygen atoms in total. The van der Waals surface area contributed by atoms with Crippen molar-refractivity contribution < 1.29 is 18.0 Å². The van der Waals surface area contributed by atoms with E-state index in [9.17, 15) is 18.0 Å². The van der Waals surface area contributed by atoms with Gasteiger partial charge in [0, 0.05) is 17.4 Å². The van der Waals surface area contributed by atoms with Crippen LogP contribution in [0.1, 0.15) is 22.3 Å². The van der Waals surface area contributed by atoms with E-state index in [2.05, 4.69) is 33.5 Å². The monoisotopic (exact) mass is 354 g/mol. The minimum absolute atomic E-state index is 0.0854. The summed E-state index contributed by atoms with van der Waals surface area (Å²) in [6.07, 6.45) is -4.20. The van der Waals surface area contributed by atoms with Crippen molar-refractivity contribution in [2.24, 2.45) is 5.73 Å². The molecule has 8 heteroatoms. The van der Waals surface area contributed by atoms with Crippen molar-refractivity contribution in [3.63, 3.8) is 0 Å².